The average molecular weight is 490 g/mol. The van der Waals surface area contributed by atoms with Crippen molar-refractivity contribution in [2.45, 2.75) is 112 Å². The van der Waals surface area contributed by atoms with E-state index in [0.29, 0.717) is 13.0 Å². The number of nitrogens with one attached hydrogen (secondary N) is 2. The third-order valence-electron chi connectivity index (χ3n) is 6.05. The number of alkyl carbamates (subject to hydrolysis) is 1. The number of amides is 3. The number of rotatable bonds is 11. The van der Waals surface area contributed by atoms with E-state index in [1.54, 1.807) is 25.7 Å². The van der Waals surface area contributed by atoms with Crippen LogP contribution in [0, 0.1) is 19.8 Å². The maximum Gasteiger partial charge on any atom is 0.408 e. The van der Waals surface area contributed by atoms with Gasteiger partial charge in [-0.15, -0.1) is 0 Å². The van der Waals surface area contributed by atoms with Crippen LogP contribution < -0.4 is 10.6 Å². The lowest BCUT2D eigenvalue weighted by Crippen LogP contribution is -2.57. The van der Waals surface area contributed by atoms with E-state index in [1.165, 1.54) is 0 Å². The minimum absolute atomic E-state index is 0.154. The minimum Gasteiger partial charge on any atom is -0.444 e. The maximum absolute atomic E-state index is 14.1. The average Bonchev–Trinajstić information content (AvgIpc) is 2.75. The van der Waals surface area contributed by atoms with Crippen LogP contribution in [-0.2, 0) is 14.3 Å². The molecule has 0 aliphatic rings. The summed E-state index contributed by atoms with van der Waals surface area (Å²) >= 11 is 0. The Kier molecular flexibility index (Phi) is 11.7. The Labute approximate surface area is 212 Å². The third-order valence-corrected chi connectivity index (χ3v) is 6.05. The fourth-order valence-corrected chi connectivity index (χ4v) is 3.92. The normalized spacial score (nSPS) is 14.1. The van der Waals surface area contributed by atoms with E-state index < -0.39 is 23.8 Å². The Hall–Kier alpha value is -2.57. The van der Waals surface area contributed by atoms with Crippen LogP contribution in [-0.4, -0.2) is 47.0 Å². The Morgan fingerprint density at radius 3 is 2.20 bits per heavy atom. The van der Waals surface area contributed by atoms with Crippen molar-refractivity contribution in [1.82, 2.24) is 15.5 Å². The molecule has 1 aromatic rings. The summed E-state index contributed by atoms with van der Waals surface area (Å²) < 4.78 is 5.45. The molecule has 0 spiro atoms. The van der Waals surface area contributed by atoms with Crippen LogP contribution in [0.3, 0.4) is 0 Å². The van der Waals surface area contributed by atoms with E-state index in [4.69, 9.17) is 4.74 Å². The maximum atomic E-state index is 14.1. The smallest absolute Gasteiger partial charge is 0.408 e. The molecule has 0 radical (unpaired) electrons. The van der Waals surface area contributed by atoms with Crippen LogP contribution >= 0.6 is 0 Å². The molecule has 1 aromatic carbocycles. The molecule has 7 heteroatoms. The fourth-order valence-electron chi connectivity index (χ4n) is 3.92. The van der Waals surface area contributed by atoms with Crippen molar-refractivity contribution in [3.63, 3.8) is 0 Å². The number of carbonyl (C=O) groups is 3. The zero-order valence-electron chi connectivity index (χ0n) is 23.5. The van der Waals surface area contributed by atoms with Gasteiger partial charge in [0.25, 0.3) is 0 Å². The van der Waals surface area contributed by atoms with Crippen LogP contribution in [0.4, 0.5) is 4.79 Å². The highest BCUT2D eigenvalue weighted by Crippen LogP contribution is 2.29. The van der Waals surface area contributed by atoms with Crippen LogP contribution in [0.5, 0.6) is 0 Å². The molecule has 2 N–H and O–H groups in total. The van der Waals surface area contributed by atoms with Gasteiger partial charge < -0.3 is 20.3 Å². The number of ether oxygens (including phenoxy) is 1. The lowest BCUT2D eigenvalue weighted by Gasteiger charge is -2.39. The van der Waals surface area contributed by atoms with Gasteiger partial charge in [-0.3, -0.25) is 9.59 Å². The molecule has 1 rings (SSSR count). The first-order valence-electron chi connectivity index (χ1n) is 12.9. The van der Waals surface area contributed by atoms with E-state index in [2.05, 4.69) is 17.6 Å². The van der Waals surface area contributed by atoms with Crippen molar-refractivity contribution in [1.29, 1.82) is 0 Å². The fraction of sp³-hybridized carbons (Fsp3) is 0.679. The van der Waals surface area contributed by atoms with E-state index in [-0.39, 0.29) is 23.8 Å². The summed E-state index contributed by atoms with van der Waals surface area (Å²) in [6.07, 6.45) is 1.85. The van der Waals surface area contributed by atoms with E-state index in [1.807, 2.05) is 59.7 Å². The van der Waals surface area contributed by atoms with Gasteiger partial charge in [0.05, 0.1) is 0 Å². The van der Waals surface area contributed by atoms with Crippen molar-refractivity contribution in [2.24, 2.45) is 5.92 Å². The van der Waals surface area contributed by atoms with Gasteiger partial charge in [0.2, 0.25) is 11.8 Å². The Balaban J connectivity index is 3.52. The number of aryl methyl sites for hydroxylation is 2. The van der Waals surface area contributed by atoms with E-state index in [0.717, 1.165) is 29.5 Å². The molecule has 198 valence electrons. The number of hydrogen-bond donors (Lipinski definition) is 2. The molecule has 3 unspecified atom stereocenters. The summed E-state index contributed by atoms with van der Waals surface area (Å²) in [5.74, 6) is -0.662. The van der Waals surface area contributed by atoms with Gasteiger partial charge in [0, 0.05) is 12.6 Å². The van der Waals surface area contributed by atoms with Crippen LogP contribution in [0.2, 0.25) is 0 Å². The molecule has 0 aliphatic carbocycles. The predicted molar refractivity (Wildman–Crippen MR) is 141 cm³/mol. The van der Waals surface area contributed by atoms with Crippen LogP contribution in [0.15, 0.2) is 18.2 Å². The third kappa shape index (κ3) is 9.19. The highest BCUT2D eigenvalue weighted by atomic mass is 16.6. The number of benzene rings is 1. The van der Waals surface area contributed by atoms with Crippen molar-refractivity contribution in [2.75, 3.05) is 6.54 Å². The topological polar surface area (TPSA) is 87.7 Å². The highest BCUT2D eigenvalue weighted by Gasteiger charge is 2.39. The molecule has 0 bridgehead atoms. The molecular formula is C28H47N3O4. The molecule has 0 heterocycles. The van der Waals surface area contributed by atoms with Gasteiger partial charge in [-0.2, -0.15) is 0 Å². The molecule has 7 nitrogen and oxygen atoms in total. The second-order valence-corrected chi connectivity index (χ2v) is 10.8. The lowest BCUT2D eigenvalue weighted by atomic mass is 9.92. The Morgan fingerprint density at radius 2 is 1.69 bits per heavy atom. The van der Waals surface area contributed by atoms with Crippen molar-refractivity contribution in [3.8, 4) is 0 Å². The first-order chi connectivity index (χ1) is 16.2. The van der Waals surface area contributed by atoms with Gasteiger partial charge in [0.1, 0.15) is 17.7 Å². The summed E-state index contributed by atoms with van der Waals surface area (Å²) in [4.78, 5) is 42.0. The Bertz CT molecular complexity index is 860. The van der Waals surface area contributed by atoms with Gasteiger partial charge >= 0.3 is 6.09 Å². The monoisotopic (exact) mass is 489 g/mol. The van der Waals surface area contributed by atoms with Crippen LogP contribution in [0.25, 0.3) is 0 Å². The molecular weight excluding hydrogens is 442 g/mol. The molecule has 3 amide bonds. The first-order valence-corrected chi connectivity index (χ1v) is 12.9. The molecule has 0 fully saturated rings. The lowest BCUT2D eigenvalue weighted by molar-refractivity contribution is -0.145. The summed E-state index contributed by atoms with van der Waals surface area (Å²) in [6.45, 7) is 19.6. The van der Waals surface area contributed by atoms with E-state index >= 15 is 0 Å². The van der Waals surface area contributed by atoms with Gasteiger partial charge in [0.15, 0.2) is 0 Å². The summed E-state index contributed by atoms with van der Waals surface area (Å²) in [5, 5.41) is 5.83. The summed E-state index contributed by atoms with van der Waals surface area (Å²) in [7, 11) is 0. The standard InChI is InChI=1S/C28H47N3O4/c1-11-13-16-29-25(32)24(22-17-19(5)14-15-21(22)7)31(18(3)4)26(33)23(20(6)12-2)30-27(34)35-28(8,9)10/h14-15,17-18,20,23-24H,11-13,16H2,1-10H3,(H,29,32)(H,30,34). The molecule has 0 saturated heterocycles. The number of carbonyl (C=O) groups excluding carboxylic acids is 3. The predicted octanol–water partition coefficient (Wildman–Crippen LogP) is 5.44. The quantitative estimate of drug-likeness (QED) is 0.405. The summed E-state index contributed by atoms with van der Waals surface area (Å²) in [6, 6.07) is 4.03. The van der Waals surface area contributed by atoms with Crippen LogP contribution in [0.1, 0.15) is 97.4 Å². The zero-order valence-corrected chi connectivity index (χ0v) is 23.5. The molecule has 0 aromatic heterocycles. The molecule has 3 atom stereocenters. The van der Waals surface area contributed by atoms with Crippen molar-refractivity contribution >= 4 is 17.9 Å². The van der Waals surface area contributed by atoms with E-state index in [9.17, 15) is 14.4 Å². The highest BCUT2D eigenvalue weighted by molar-refractivity contribution is 5.92. The summed E-state index contributed by atoms with van der Waals surface area (Å²) in [5.41, 5.74) is 2.05. The second kappa shape index (κ2) is 13.5. The Morgan fingerprint density at radius 1 is 1.06 bits per heavy atom. The molecule has 0 aliphatic heterocycles. The van der Waals surface area contributed by atoms with Crippen molar-refractivity contribution in [3.05, 3.63) is 34.9 Å². The number of unbranched alkanes of at least 4 members (excludes halogenated alkanes) is 1. The van der Waals surface area contributed by atoms with Gasteiger partial charge in [-0.1, -0.05) is 57.4 Å². The minimum atomic E-state index is -0.826. The van der Waals surface area contributed by atoms with Gasteiger partial charge in [-0.25, -0.2) is 4.79 Å². The number of nitrogens with zero attached hydrogens (tertiary/aromatic N) is 1. The first kappa shape index (κ1) is 30.5. The number of hydrogen-bond acceptors (Lipinski definition) is 4. The SMILES string of the molecule is CCCCNC(=O)C(c1cc(C)ccc1C)N(C(=O)C(NC(=O)OC(C)(C)C)C(C)CC)C(C)C. The van der Waals surface area contributed by atoms with Crippen molar-refractivity contribution < 1.29 is 19.1 Å². The molecule has 35 heavy (non-hydrogen) atoms. The molecule has 0 saturated carbocycles. The van der Waals surface area contributed by atoms with Gasteiger partial charge in [-0.05, 0) is 71.9 Å². The zero-order chi connectivity index (χ0) is 26.9. The largest absolute Gasteiger partial charge is 0.444 e. The second-order valence-electron chi connectivity index (χ2n) is 10.8.